The monoisotopic (exact) mass is 245 g/mol. The highest BCUT2D eigenvalue weighted by molar-refractivity contribution is 5.60. The molecule has 1 aliphatic rings. The van der Waals surface area contributed by atoms with Crippen LogP contribution in [-0.4, -0.2) is 33.4 Å². The van der Waals surface area contributed by atoms with Crippen LogP contribution in [0.25, 0.3) is 11.4 Å². The Balaban J connectivity index is 1.95. The Morgan fingerprint density at radius 1 is 1.28 bits per heavy atom. The minimum Gasteiger partial charge on any atom is -0.399 e. The standard InChI is InChI=1S/C12H15N5O/c13-10-3-1-2-9(8-10)12-14-15-16-17(12)11-4-6-18-7-5-11/h1-3,8,11H,4-7,13H2. The van der Waals surface area contributed by atoms with Crippen LogP contribution in [0.3, 0.4) is 0 Å². The molecule has 0 bridgehead atoms. The molecule has 0 unspecified atom stereocenters. The van der Waals surface area contributed by atoms with E-state index in [-0.39, 0.29) is 0 Å². The van der Waals surface area contributed by atoms with E-state index in [1.165, 1.54) is 0 Å². The number of benzene rings is 1. The zero-order chi connectivity index (χ0) is 12.4. The highest BCUT2D eigenvalue weighted by Gasteiger charge is 2.21. The summed E-state index contributed by atoms with van der Waals surface area (Å²) in [6.07, 6.45) is 1.89. The Bertz CT molecular complexity index is 533. The zero-order valence-corrected chi connectivity index (χ0v) is 9.99. The van der Waals surface area contributed by atoms with Crippen LogP contribution < -0.4 is 5.73 Å². The van der Waals surface area contributed by atoms with Gasteiger partial charge in [-0.15, -0.1) is 5.10 Å². The molecule has 3 rings (SSSR count). The number of tetrazole rings is 1. The molecule has 0 amide bonds. The fourth-order valence-corrected chi connectivity index (χ4v) is 2.24. The second kappa shape index (κ2) is 4.73. The fraction of sp³-hybridized carbons (Fsp3) is 0.417. The molecule has 1 aromatic heterocycles. The molecule has 0 atom stereocenters. The molecule has 1 saturated heterocycles. The van der Waals surface area contributed by atoms with Crippen LogP contribution in [0, 0.1) is 0 Å². The quantitative estimate of drug-likeness (QED) is 0.806. The third-order valence-electron chi connectivity index (χ3n) is 3.17. The summed E-state index contributed by atoms with van der Waals surface area (Å²) in [5, 5.41) is 12.0. The van der Waals surface area contributed by atoms with Crippen molar-refractivity contribution in [1.82, 2.24) is 20.2 Å². The molecule has 6 heteroatoms. The van der Waals surface area contributed by atoms with Crippen molar-refractivity contribution < 1.29 is 4.74 Å². The van der Waals surface area contributed by atoms with E-state index in [9.17, 15) is 0 Å². The van der Waals surface area contributed by atoms with Crippen LogP contribution in [0.1, 0.15) is 18.9 Å². The van der Waals surface area contributed by atoms with Gasteiger partial charge in [-0.05, 0) is 35.4 Å². The van der Waals surface area contributed by atoms with Crippen LogP contribution >= 0.6 is 0 Å². The largest absolute Gasteiger partial charge is 0.399 e. The molecule has 1 aliphatic heterocycles. The van der Waals surface area contributed by atoms with E-state index in [4.69, 9.17) is 10.5 Å². The number of hydrogen-bond donors (Lipinski definition) is 1. The van der Waals surface area contributed by atoms with Gasteiger partial charge >= 0.3 is 0 Å². The average molecular weight is 245 g/mol. The van der Waals surface area contributed by atoms with E-state index in [0.29, 0.717) is 11.7 Å². The number of nitrogens with two attached hydrogens (primary N) is 1. The van der Waals surface area contributed by atoms with Crippen LogP contribution in [0.4, 0.5) is 5.69 Å². The summed E-state index contributed by atoms with van der Waals surface area (Å²) >= 11 is 0. The number of anilines is 1. The van der Waals surface area contributed by atoms with Gasteiger partial charge in [0, 0.05) is 24.5 Å². The van der Waals surface area contributed by atoms with E-state index in [0.717, 1.165) is 37.4 Å². The van der Waals surface area contributed by atoms with E-state index in [1.807, 2.05) is 28.9 Å². The lowest BCUT2D eigenvalue weighted by atomic mass is 10.1. The maximum atomic E-state index is 5.80. The second-order valence-corrected chi connectivity index (χ2v) is 4.42. The highest BCUT2D eigenvalue weighted by Crippen LogP contribution is 2.26. The van der Waals surface area contributed by atoms with Crippen molar-refractivity contribution >= 4 is 5.69 Å². The Kier molecular flexibility index (Phi) is 2.93. The smallest absolute Gasteiger partial charge is 0.182 e. The first kappa shape index (κ1) is 11.2. The molecule has 2 aromatic rings. The topological polar surface area (TPSA) is 78.9 Å². The van der Waals surface area contributed by atoms with Crippen molar-refractivity contribution in [2.75, 3.05) is 18.9 Å². The SMILES string of the molecule is Nc1cccc(-c2nnnn2C2CCOCC2)c1. The van der Waals surface area contributed by atoms with Gasteiger partial charge in [0.15, 0.2) is 5.82 Å². The molecule has 0 saturated carbocycles. The summed E-state index contributed by atoms with van der Waals surface area (Å²) in [7, 11) is 0. The summed E-state index contributed by atoms with van der Waals surface area (Å²) in [5.74, 6) is 0.772. The van der Waals surface area contributed by atoms with Crippen LogP contribution in [-0.2, 0) is 4.74 Å². The molecule has 2 heterocycles. The maximum absolute atomic E-state index is 5.80. The minimum absolute atomic E-state index is 0.310. The number of hydrogen-bond acceptors (Lipinski definition) is 5. The molecule has 18 heavy (non-hydrogen) atoms. The first-order valence-electron chi connectivity index (χ1n) is 6.06. The lowest BCUT2D eigenvalue weighted by molar-refractivity contribution is 0.0662. The van der Waals surface area contributed by atoms with Crippen molar-refractivity contribution in [3.8, 4) is 11.4 Å². The molecule has 1 aromatic carbocycles. The Labute approximate surface area is 105 Å². The summed E-state index contributed by atoms with van der Waals surface area (Å²) < 4.78 is 7.25. The molecular formula is C12H15N5O. The molecule has 0 radical (unpaired) electrons. The number of rotatable bonds is 2. The molecule has 1 fully saturated rings. The van der Waals surface area contributed by atoms with Crippen LogP contribution in [0.5, 0.6) is 0 Å². The van der Waals surface area contributed by atoms with Crippen molar-refractivity contribution in [3.63, 3.8) is 0 Å². The summed E-state index contributed by atoms with van der Waals surface area (Å²) in [5.41, 5.74) is 7.46. The predicted molar refractivity (Wildman–Crippen MR) is 66.8 cm³/mol. The van der Waals surface area contributed by atoms with Crippen LogP contribution in [0.15, 0.2) is 24.3 Å². The third-order valence-corrected chi connectivity index (χ3v) is 3.17. The molecular weight excluding hydrogens is 230 g/mol. The Morgan fingerprint density at radius 2 is 2.11 bits per heavy atom. The number of ether oxygens (including phenoxy) is 1. The first-order valence-corrected chi connectivity index (χ1v) is 6.06. The number of aromatic nitrogens is 4. The van der Waals surface area contributed by atoms with Crippen molar-refractivity contribution in [2.24, 2.45) is 0 Å². The molecule has 0 aliphatic carbocycles. The maximum Gasteiger partial charge on any atom is 0.182 e. The third kappa shape index (κ3) is 2.06. The number of nitrogens with zero attached hydrogens (tertiary/aromatic N) is 4. The zero-order valence-electron chi connectivity index (χ0n) is 9.99. The van der Waals surface area contributed by atoms with Crippen molar-refractivity contribution in [3.05, 3.63) is 24.3 Å². The number of nitrogen functional groups attached to an aromatic ring is 1. The summed E-state index contributed by atoms with van der Waals surface area (Å²) in [6.45, 7) is 1.53. The van der Waals surface area contributed by atoms with Gasteiger partial charge in [0.2, 0.25) is 0 Å². The van der Waals surface area contributed by atoms with E-state index < -0.39 is 0 Å². The van der Waals surface area contributed by atoms with Gasteiger partial charge in [0.05, 0.1) is 6.04 Å². The molecule has 2 N–H and O–H groups in total. The van der Waals surface area contributed by atoms with Gasteiger partial charge in [-0.25, -0.2) is 4.68 Å². The van der Waals surface area contributed by atoms with Gasteiger partial charge in [-0.1, -0.05) is 12.1 Å². The fourth-order valence-electron chi connectivity index (χ4n) is 2.24. The second-order valence-electron chi connectivity index (χ2n) is 4.42. The van der Waals surface area contributed by atoms with Gasteiger partial charge in [-0.2, -0.15) is 0 Å². The van der Waals surface area contributed by atoms with E-state index in [2.05, 4.69) is 15.5 Å². The molecule has 6 nitrogen and oxygen atoms in total. The van der Waals surface area contributed by atoms with Gasteiger partial charge in [0.25, 0.3) is 0 Å². The van der Waals surface area contributed by atoms with Gasteiger partial charge in [0.1, 0.15) is 0 Å². The average Bonchev–Trinajstić information content (AvgIpc) is 2.89. The van der Waals surface area contributed by atoms with E-state index in [1.54, 1.807) is 0 Å². The highest BCUT2D eigenvalue weighted by atomic mass is 16.5. The summed E-state index contributed by atoms with van der Waals surface area (Å²) in [6, 6.07) is 7.93. The summed E-state index contributed by atoms with van der Waals surface area (Å²) in [4.78, 5) is 0. The van der Waals surface area contributed by atoms with Gasteiger partial charge < -0.3 is 10.5 Å². The van der Waals surface area contributed by atoms with Gasteiger partial charge in [-0.3, -0.25) is 0 Å². The van der Waals surface area contributed by atoms with Crippen molar-refractivity contribution in [2.45, 2.75) is 18.9 Å². The first-order chi connectivity index (χ1) is 8.84. The Hall–Kier alpha value is -1.95. The lowest BCUT2D eigenvalue weighted by Gasteiger charge is -2.22. The predicted octanol–water partition coefficient (Wildman–Crippen LogP) is 1.27. The Morgan fingerprint density at radius 3 is 2.89 bits per heavy atom. The minimum atomic E-state index is 0.310. The molecule has 0 spiro atoms. The van der Waals surface area contributed by atoms with Crippen LogP contribution in [0.2, 0.25) is 0 Å². The van der Waals surface area contributed by atoms with E-state index >= 15 is 0 Å². The van der Waals surface area contributed by atoms with Crippen molar-refractivity contribution in [1.29, 1.82) is 0 Å². The lowest BCUT2D eigenvalue weighted by Crippen LogP contribution is -2.21. The normalized spacial score (nSPS) is 16.9. The molecule has 94 valence electrons.